The lowest BCUT2D eigenvalue weighted by Crippen LogP contribution is -2.42. The Morgan fingerprint density at radius 2 is 1.74 bits per heavy atom. The van der Waals surface area contributed by atoms with E-state index in [1.54, 1.807) is 37.3 Å². The highest BCUT2D eigenvalue weighted by molar-refractivity contribution is 6.08. The zero-order valence-electron chi connectivity index (χ0n) is 17.5. The van der Waals surface area contributed by atoms with Crippen molar-refractivity contribution in [2.75, 3.05) is 19.7 Å². The summed E-state index contributed by atoms with van der Waals surface area (Å²) in [6.45, 7) is 2.94. The molecule has 31 heavy (non-hydrogen) atoms. The number of urea groups is 1. The fourth-order valence-corrected chi connectivity index (χ4v) is 3.41. The Balaban J connectivity index is 1.46. The predicted octanol–water partition coefficient (Wildman–Crippen LogP) is 1.66. The largest absolute Gasteiger partial charge is 0.454 e. The van der Waals surface area contributed by atoms with Gasteiger partial charge in [0.25, 0.3) is 11.8 Å². The van der Waals surface area contributed by atoms with Crippen LogP contribution in [0, 0.1) is 6.92 Å². The Morgan fingerprint density at radius 3 is 2.45 bits per heavy atom. The Kier molecular flexibility index (Phi) is 6.69. The first kappa shape index (κ1) is 22.0. The van der Waals surface area contributed by atoms with E-state index in [2.05, 4.69) is 10.6 Å². The number of rotatable bonds is 8. The van der Waals surface area contributed by atoms with Gasteiger partial charge >= 0.3 is 12.0 Å². The Morgan fingerprint density at radius 1 is 1.06 bits per heavy atom. The van der Waals surface area contributed by atoms with Gasteiger partial charge in [0, 0.05) is 6.54 Å². The van der Waals surface area contributed by atoms with E-state index >= 15 is 0 Å². The van der Waals surface area contributed by atoms with Crippen LogP contribution in [0.15, 0.2) is 54.6 Å². The molecule has 1 fully saturated rings. The fourth-order valence-electron chi connectivity index (χ4n) is 3.41. The maximum absolute atomic E-state index is 12.8. The van der Waals surface area contributed by atoms with Crippen molar-refractivity contribution in [1.82, 2.24) is 15.5 Å². The lowest BCUT2D eigenvalue weighted by Gasteiger charge is -2.21. The third kappa shape index (κ3) is 5.09. The van der Waals surface area contributed by atoms with Crippen molar-refractivity contribution in [1.29, 1.82) is 0 Å². The molecular weight excluding hydrogens is 398 g/mol. The van der Waals surface area contributed by atoms with Crippen molar-refractivity contribution in [3.8, 4) is 0 Å². The number of amides is 4. The second-order valence-electron chi connectivity index (χ2n) is 7.50. The number of carbonyl (C=O) groups is 4. The molecule has 1 heterocycles. The lowest BCUT2D eigenvalue weighted by molar-refractivity contribution is -0.151. The second-order valence-corrected chi connectivity index (χ2v) is 7.50. The number of aryl methyl sites for hydroxylation is 1. The third-order valence-corrected chi connectivity index (χ3v) is 5.26. The van der Waals surface area contributed by atoms with E-state index in [4.69, 9.17) is 4.74 Å². The smallest absolute Gasteiger partial charge is 0.326 e. The molecule has 2 aromatic carbocycles. The van der Waals surface area contributed by atoms with E-state index in [0.29, 0.717) is 18.5 Å². The number of benzene rings is 2. The molecule has 0 radical (unpaired) electrons. The molecule has 0 aromatic heterocycles. The number of ether oxygens (including phenoxy) is 1. The van der Waals surface area contributed by atoms with Crippen LogP contribution in [0.2, 0.25) is 0 Å². The maximum Gasteiger partial charge on any atom is 0.326 e. The van der Waals surface area contributed by atoms with Gasteiger partial charge in [-0.15, -0.1) is 0 Å². The molecule has 2 aromatic rings. The summed E-state index contributed by atoms with van der Waals surface area (Å²) in [6.07, 6.45) is 0.660. The predicted molar refractivity (Wildman–Crippen MR) is 113 cm³/mol. The van der Waals surface area contributed by atoms with Crippen LogP contribution in [0.4, 0.5) is 4.79 Å². The van der Waals surface area contributed by atoms with Crippen LogP contribution in [0.25, 0.3) is 0 Å². The zero-order chi connectivity index (χ0) is 22.4. The monoisotopic (exact) mass is 423 g/mol. The molecule has 0 bridgehead atoms. The summed E-state index contributed by atoms with van der Waals surface area (Å²) < 4.78 is 4.94. The molecule has 0 spiro atoms. The summed E-state index contributed by atoms with van der Waals surface area (Å²) in [4.78, 5) is 49.9. The van der Waals surface area contributed by atoms with Gasteiger partial charge in [-0.1, -0.05) is 54.6 Å². The van der Waals surface area contributed by atoms with Crippen LogP contribution in [-0.4, -0.2) is 48.4 Å². The van der Waals surface area contributed by atoms with Crippen molar-refractivity contribution in [3.63, 3.8) is 0 Å². The van der Waals surface area contributed by atoms with E-state index in [1.165, 1.54) is 0 Å². The molecule has 8 heteroatoms. The first-order valence-electron chi connectivity index (χ1n) is 9.97. The van der Waals surface area contributed by atoms with E-state index in [9.17, 15) is 19.2 Å². The van der Waals surface area contributed by atoms with Crippen molar-refractivity contribution in [3.05, 3.63) is 71.3 Å². The first-order valence-corrected chi connectivity index (χ1v) is 9.97. The SMILES string of the molecule is Cc1ccccc1CCNC(=O)COC(=O)CN1C(=O)N[C@@](C)(c2ccccc2)C1=O. The van der Waals surface area contributed by atoms with Crippen molar-refractivity contribution >= 4 is 23.8 Å². The highest BCUT2D eigenvalue weighted by Gasteiger charge is 2.49. The first-order chi connectivity index (χ1) is 14.8. The molecule has 8 nitrogen and oxygen atoms in total. The lowest BCUT2D eigenvalue weighted by atomic mass is 9.92. The Labute approximate surface area is 180 Å². The van der Waals surface area contributed by atoms with E-state index < -0.39 is 42.5 Å². The van der Waals surface area contributed by atoms with Crippen LogP contribution < -0.4 is 10.6 Å². The molecule has 1 atom stereocenters. The summed E-state index contributed by atoms with van der Waals surface area (Å²) in [5.41, 5.74) is 1.61. The van der Waals surface area contributed by atoms with Gasteiger partial charge in [0.2, 0.25) is 0 Å². The van der Waals surface area contributed by atoms with Crippen molar-refractivity contribution in [2.24, 2.45) is 0 Å². The standard InChI is InChI=1S/C23H25N3O5/c1-16-8-6-7-9-17(16)12-13-24-19(27)15-31-20(28)14-26-21(29)23(2,25-22(26)30)18-10-4-3-5-11-18/h3-11H,12-15H2,1-2H3,(H,24,27)(H,25,30)/t23-/m0/s1. The minimum atomic E-state index is -1.26. The van der Waals surface area contributed by atoms with E-state index in [-0.39, 0.29) is 0 Å². The third-order valence-electron chi connectivity index (χ3n) is 5.26. The van der Waals surface area contributed by atoms with Crippen molar-refractivity contribution in [2.45, 2.75) is 25.8 Å². The molecule has 0 aliphatic carbocycles. The fraction of sp³-hybridized carbons (Fsp3) is 0.304. The number of imide groups is 1. The molecule has 1 saturated heterocycles. The molecule has 1 aliphatic heterocycles. The normalized spacial score (nSPS) is 17.9. The van der Waals surface area contributed by atoms with Crippen LogP contribution in [0.5, 0.6) is 0 Å². The molecule has 2 N–H and O–H groups in total. The van der Waals surface area contributed by atoms with E-state index in [1.807, 2.05) is 31.2 Å². The molecule has 162 valence electrons. The van der Waals surface area contributed by atoms with Gasteiger partial charge in [-0.05, 0) is 37.0 Å². The number of carbonyl (C=O) groups excluding carboxylic acids is 4. The highest BCUT2D eigenvalue weighted by Crippen LogP contribution is 2.28. The zero-order valence-corrected chi connectivity index (χ0v) is 17.5. The van der Waals surface area contributed by atoms with Gasteiger partial charge in [-0.2, -0.15) is 0 Å². The van der Waals surface area contributed by atoms with Gasteiger partial charge in [0.15, 0.2) is 6.61 Å². The van der Waals surface area contributed by atoms with Gasteiger partial charge in [0.05, 0.1) is 0 Å². The topological polar surface area (TPSA) is 105 Å². The van der Waals surface area contributed by atoms with Crippen LogP contribution in [-0.2, 0) is 31.1 Å². The molecule has 0 unspecified atom stereocenters. The molecule has 0 saturated carbocycles. The molecular formula is C23H25N3O5. The average molecular weight is 423 g/mol. The second kappa shape index (κ2) is 9.42. The summed E-state index contributed by atoms with van der Waals surface area (Å²) in [5, 5.41) is 5.30. The van der Waals surface area contributed by atoms with Crippen molar-refractivity contribution < 1.29 is 23.9 Å². The van der Waals surface area contributed by atoms with Gasteiger partial charge in [-0.3, -0.25) is 19.3 Å². The van der Waals surface area contributed by atoms with Gasteiger partial charge < -0.3 is 15.4 Å². The molecule has 1 aliphatic rings. The number of nitrogens with zero attached hydrogens (tertiary/aromatic N) is 1. The summed E-state index contributed by atoms with van der Waals surface area (Å²) >= 11 is 0. The van der Waals surface area contributed by atoms with Gasteiger partial charge in [-0.25, -0.2) is 4.79 Å². The van der Waals surface area contributed by atoms with Gasteiger partial charge in [0.1, 0.15) is 12.1 Å². The summed E-state index contributed by atoms with van der Waals surface area (Å²) in [7, 11) is 0. The summed E-state index contributed by atoms with van der Waals surface area (Å²) in [5.74, 6) is -1.84. The van der Waals surface area contributed by atoms with Crippen LogP contribution in [0.1, 0.15) is 23.6 Å². The Hall–Kier alpha value is -3.68. The number of nitrogens with one attached hydrogen (secondary N) is 2. The minimum absolute atomic E-state index is 0.406. The van der Waals surface area contributed by atoms with Crippen LogP contribution >= 0.6 is 0 Å². The highest BCUT2D eigenvalue weighted by atomic mass is 16.5. The van der Waals surface area contributed by atoms with E-state index in [0.717, 1.165) is 16.0 Å². The Bertz CT molecular complexity index is 992. The number of hydrogen-bond donors (Lipinski definition) is 2. The maximum atomic E-state index is 12.8. The minimum Gasteiger partial charge on any atom is -0.454 e. The quantitative estimate of drug-likeness (QED) is 0.496. The average Bonchev–Trinajstić information content (AvgIpc) is 2.98. The molecule has 3 rings (SSSR count). The summed E-state index contributed by atoms with van der Waals surface area (Å²) in [6, 6.07) is 16.0. The molecule has 4 amide bonds. The number of esters is 1. The van der Waals surface area contributed by atoms with Crippen LogP contribution in [0.3, 0.4) is 0 Å². The number of hydrogen-bond acceptors (Lipinski definition) is 5.